The Morgan fingerprint density at radius 1 is 1.12 bits per heavy atom. The molecule has 2 aromatic carbocycles. The first-order valence-electron chi connectivity index (χ1n) is 6.75. The zero-order chi connectivity index (χ0) is 18.0. The van der Waals surface area contributed by atoms with Gasteiger partial charge in [0.15, 0.2) is 0 Å². The first-order chi connectivity index (χ1) is 11.1. The molecule has 2 aromatic rings. The van der Waals surface area contributed by atoms with Gasteiger partial charge in [-0.3, -0.25) is 0 Å². The fourth-order valence-electron chi connectivity index (χ4n) is 1.97. The number of sulfone groups is 1. The molecule has 7 heteroatoms. The van der Waals surface area contributed by atoms with Gasteiger partial charge in [0.2, 0.25) is 9.84 Å². The van der Waals surface area contributed by atoms with Crippen molar-refractivity contribution in [3.05, 3.63) is 70.1 Å². The Morgan fingerprint density at radius 3 is 2.29 bits per heavy atom. The summed E-state index contributed by atoms with van der Waals surface area (Å²) in [5.74, 6) is 0. The van der Waals surface area contributed by atoms with Gasteiger partial charge in [-0.2, -0.15) is 18.4 Å². The van der Waals surface area contributed by atoms with Crippen LogP contribution in [-0.4, -0.2) is 8.42 Å². The van der Waals surface area contributed by atoms with Gasteiger partial charge < -0.3 is 0 Å². The lowest BCUT2D eigenvalue weighted by Gasteiger charge is -2.07. The molecule has 0 saturated carbocycles. The number of hydrogen-bond donors (Lipinski definition) is 0. The van der Waals surface area contributed by atoms with Crippen LogP contribution in [0.25, 0.3) is 6.08 Å². The van der Waals surface area contributed by atoms with Crippen LogP contribution >= 0.6 is 0 Å². The van der Waals surface area contributed by atoms with Gasteiger partial charge in [-0.15, -0.1) is 0 Å². The van der Waals surface area contributed by atoms with Crippen molar-refractivity contribution < 1.29 is 21.6 Å². The molecule has 0 spiro atoms. The van der Waals surface area contributed by atoms with Crippen LogP contribution in [0.4, 0.5) is 13.2 Å². The molecule has 3 nitrogen and oxygen atoms in total. The van der Waals surface area contributed by atoms with Gasteiger partial charge in [-0.1, -0.05) is 29.8 Å². The minimum absolute atomic E-state index is 0.0166. The molecule has 0 saturated heterocycles. The predicted octanol–water partition coefficient (Wildman–Crippen LogP) is 4.35. The van der Waals surface area contributed by atoms with E-state index in [1.54, 1.807) is 25.1 Å². The quantitative estimate of drug-likeness (QED) is 0.773. The zero-order valence-electron chi connectivity index (χ0n) is 12.5. The van der Waals surface area contributed by atoms with E-state index in [1.807, 2.05) is 0 Å². The molecule has 0 heterocycles. The largest absolute Gasteiger partial charge is 0.416 e. The molecule has 0 bridgehead atoms. The lowest BCUT2D eigenvalue weighted by molar-refractivity contribution is -0.137. The summed E-state index contributed by atoms with van der Waals surface area (Å²) in [6, 6.07) is 11.5. The van der Waals surface area contributed by atoms with E-state index in [0.29, 0.717) is 0 Å². The molecule has 124 valence electrons. The van der Waals surface area contributed by atoms with Gasteiger partial charge in [-0.05, 0) is 42.8 Å². The van der Waals surface area contributed by atoms with Crippen LogP contribution in [0, 0.1) is 18.3 Å². The number of rotatable bonds is 3. The number of benzene rings is 2. The van der Waals surface area contributed by atoms with E-state index in [9.17, 15) is 21.6 Å². The van der Waals surface area contributed by atoms with Crippen molar-refractivity contribution in [2.45, 2.75) is 18.0 Å². The summed E-state index contributed by atoms with van der Waals surface area (Å²) in [4.78, 5) is -0.710. The van der Waals surface area contributed by atoms with E-state index < -0.39 is 26.5 Å². The fourth-order valence-corrected chi connectivity index (χ4v) is 3.13. The average Bonchev–Trinajstić information content (AvgIpc) is 2.52. The minimum atomic E-state index is -4.55. The van der Waals surface area contributed by atoms with Crippen LogP contribution in [0.3, 0.4) is 0 Å². The second kappa shape index (κ2) is 6.49. The lowest BCUT2D eigenvalue weighted by Crippen LogP contribution is -2.05. The number of aryl methyl sites for hydroxylation is 1. The molecular weight excluding hydrogens is 339 g/mol. The number of alkyl halides is 3. The third-order valence-corrected chi connectivity index (χ3v) is 4.92. The van der Waals surface area contributed by atoms with E-state index in [4.69, 9.17) is 5.26 Å². The first kappa shape index (κ1) is 17.8. The van der Waals surface area contributed by atoms with Gasteiger partial charge in [-0.25, -0.2) is 8.42 Å². The van der Waals surface area contributed by atoms with Gasteiger partial charge in [0.05, 0.1) is 10.5 Å². The molecular formula is C17H12F3NO2S. The van der Waals surface area contributed by atoms with E-state index in [1.165, 1.54) is 18.2 Å². The highest BCUT2D eigenvalue weighted by molar-refractivity contribution is 7.95. The Hall–Kier alpha value is -2.59. The van der Waals surface area contributed by atoms with Crippen molar-refractivity contribution in [2.24, 2.45) is 0 Å². The van der Waals surface area contributed by atoms with E-state index >= 15 is 0 Å². The molecule has 0 fully saturated rings. The first-order valence-corrected chi connectivity index (χ1v) is 8.24. The summed E-state index contributed by atoms with van der Waals surface area (Å²) in [5.41, 5.74) is -0.0901. The lowest BCUT2D eigenvalue weighted by atomic mass is 10.1. The third kappa shape index (κ3) is 3.84. The maximum atomic E-state index is 12.7. The van der Waals surface area contributed by atoms with Crippen molar-refractivity contribution in [3.63, 3.8) is 0 Å². The number of nitrogens with zero attached hydrogens (tertiary/aromatic N) is 1. The average molecular weight is 351 g/mol. The maximum absolute atomic E-state index is 12.7. The molecule has 0 radical (unpaired) electrons. The van der Waals surface area contributed by atoms with Crippen LogP contribution in [0.2, 0.25) is 0 Å². The Morgan fingerprint density at radius 2 is 1.75 bits per heavy atom. The van der Waals surface area contributed by atoms with Crippen LogP contribution in [0.15, 0.2) is 58.3 Å². The molecule has 2 rings (SSSR count). The molecule has 0 unspecified atom stereocenters. The molecule has 24 heavy (non-hydrogen) atoms. The molecule has 0 amide bonds. The van der Waals surface area contributed by atoms with E-state index in [-0.39, 0.29) is 10.5 Å². The van der Waals surface area contributed by atoms with Gasteiger partial charge >= 0.3 is 6.18 Å². The Kier molecular flexibility index (Phi) is 4.81. The second-order valence-corrected chi connectivity index (χ2v) is 6.98. The third-order valence-electron chi connectivity index (χ3n) is 3.24. The summed E-state index contributed by atoms with van der Waals surface area (Å²) in [6.45, 7) is 1.78. The fraction of sp³-hybridized carbons (Fsp3) is 0.118. The van der Waals surface area contributed by atoms with Crippen molar-refractivity contribution >= 4 is 15.9 Å². The zero-order valence-corrected chi connectivity index (χ0v) is 13.3. The van der Waals surface area contributed by atoms with Crippen molar-refractivity contribution in [1.82, 2.24) is 0 Å². The highest BCUT2D eigenvalue weighted by atomic mass is 32.2. The summed E-state index contributed by atoms with van der Waals surface area (Å²) in [7, 11) is -4.10. The van der Waals surface area contributed by atoms with E-state index in [0.717, 1.165) is 29.8 Å². The minimum Gasteiger partial charge on any atom is -0.218 e. The maximum Gasteiger partial charge on any atom is 0.416 e. The smallest absolute Gasteiger partial charge is 0.218 e. The molecule has 0 aliphatic heterocycles. The van der Waals surface area contributed by atoms with Crippen molar-refractivity contribution in [3.8, 4) is 6.07 Å². The Bertz CT molecular complexity index is 922. The standard InChI is InChI=1S/C17H12F3NO2S/c1-12-5-7-15(8-6-12)24(22,23)16(11-21)10-13-3-2-4-14(9-13)17(18,19)20/h2-10H,1H3/b16-10-. The van der Waals surface area contributed by atoms with E-state index in [2.05, 4.69) is 0 Å². The monoisotopic (exact) mass is 351 g/mol. The van der Waals surface area contributed by atoms with Crippen molar-refractivity contribution in [2.75, 3.05) is 0 Å². The van der Waals surface area contributed by atoms with Crippen LogP contribution in [-0.2, 0) is 16.0 Å². The van der Waals surface area contributed by atoms with Gasteiger partial charge in [0.1, 0.15) is 11.0 Å². The summed E-state index contributed by atoms with van der Waals surface area (Å²) < 4.78 is 63.1. The second-order valence-electron chi connectivity index (χ2n) is 5.06. The number of nitriles is 1. The number of halogens is 3. The highest BCUT2D eigenvalue weighted by Crippen LogP contribution is 2.30. The predicted molar refractivity (Wildman–Crippen MR) is 83.4 cm³/mol. The number of allylic oxidation sites excluding steroid dienone is 1. The molecule has 0 atom stereocenters. The van der Waals surface area contributed by atoms with Crippen LogP contribution in [0.5, 0.6) is 0 Å². The highest BCUT2D eigenvalue weighted by Gasteiger charge is 2.30. The SMILES string of the molecule is Cc1ccc(S(=O)(=O)/C(C#N)=C\c2cccc(C(F)(F)F)c2)cc1. The van der Waals surface area contributed by atoms with Crippen molar-refractivity contribution in [1.29, 1.82) is 5.26 Å². The summed E-state index contributed by atoms with van der Waals surface area (Å²) in [6.07, 6.45) is -3.61. The van der Waals surface area contributed by atoms with Gasteiger partial charge in [0, 0.05) is 0 Å². The normalized spacial score (nSPS) is 12.7. The Balaban J connectivity index is 2.50. The molecule has 0 aromatic heterocycles. The molecule has 0 aliphatic rings. The van der Waals surface area contributed by atoms with Crippen LogP contribution in [0.1, 0.15) is 16.7 Å². The topological polar surface area (TPSA) is 57.9 Å². The Labute approximate surface area is 137 Å². The van der Waals surface area contributed by atoms with Gasteiger partial charge in [0.25, 0.3) is 0 Å². The molecule has 0 aliphatic carbocycles. The van der Waals surface area contributed by atoms with Crippen LogP contribution < -0.4 is 0 Å². The summed E-state index contributed by atoms with van der Waals surface area (Å²) in [5, 5.41) is 9.15. The molecule has 0 N–H and O–H groups in total. The summed E-state index contributed by atoms with van der Waals surface area (Å²) >= 11 is 0. The number of hydrogen-bond acceptors (Lipinski definition) is 3.